The Labute approximate surface area is 117 Å². The van der Waals surface area contributed by atoms with Gasteiger partial charge in [0.2, 0.25) is 0 Å². The van der Waals surface area contributed by atoms with Crippen LogP contribution in [0.2, 0.25) is 0 Å². The highest BCUT2D eigenvalue weighted by Gasteiger charge is 2.22. The molecule has 18 heavy (non-hydrogen) atoms. The van der Waals surface area contributed by atoms with Crippen LogP contribution in [0.15, 0.2) is 22.7 Å². The Bertz CT molecular complexity index is 397. The van der Waals surface area contributed by atoms with E-state index in [1.165, 1.54) is 18.4 Å². The first-order valence-electron chi connectivity index (χ1n) is 6.52. The molecule has 2 unspecified atom stereocenters. The molecule has 0 saturated heterocycles. The first-order chi connectivity index (χ1) is 8.70. The van der Waals surface area contributed by atoms with Gasteiger partial charge in [0.1, 0.15) is 5.75 Å². The van der Waals surface area contributed by atoms with E-state index < -0.39 is 0 Å². The number of benzene rings is 1. The minimum Gasteiger partial charge on any atom is -0.496 e. The molecule has 0 aliphatic heterocycles. The van der Waals surface area contributed by atoms with Gasteiger partial charge in [-0.3, -0.25) is 0 Å². The maximum Gasteiger partial charge on any atom is 0.133 e. The number of nitrogens with two attached hydrogens (primary N) is 1. The van der Waals surface area contributed by atoms with E-state index in [1.807, 2.05) is 6.07 Å². The fourth-order valence-corrected chi connectivity index (χ4v) is 3.10. The third-order valence-corrected chi connectivity index (χ3v) is 4.23. The topological polar surface area (TPSA) is 47.3 Å². The highest BCUT2D eigenvalue weighted by molar-refractivity contribution is 9.10. The minimum absolute atomic E-state index is 0.340. The van der Waals surface area contributed by atoms with Gasteiger partial charge < -0.3 is 15.8 Å². The molecule has 0 heterocycles. The van der Waals surface area contributed by atoms with E-state index >= 15 is 0 Å². The second-order valence-electron chi connectivity index (χ2n) is 4.87. The maximum atomic E-state index is 6.03. The lowest BCUT2D eigenvalue weighted by atomic mass is 10.1. The Morgan fingerprint density at radius 2 is 2.28 bits per heavy atom. The van der Waals surface area contributed by atoms with Gasteiger partial charge in [-0.1, -0.05) is 12.5 Å². The summed E-state index contributed by atoms with van der Waals surface area (Å²) in [7, 11) is 1.68. The van der Waals surface area contributed by atoms with Crippen LogP contribution in [0, 0.1) is 0 Å². The van der Waals surface area contributed by atoms with Crippen molar-refractivity contribution < 1.29 is 4.74 Å². The highest BCUT2D eigenvalue weighted by atomic mass is 79.9. The van der Waals surface area contributed by atoms with Crippen LogP contribution >= 0.6 is 15.9 Å². The molecular weight excluding hydrogens is 292 g/mol. The van der Waals surface area contributed by atoms with Crippen molar-refractivity contribution in [2.75, 3.05) is 13.7 Å². The normalized spacial score (nSPS) is 23.3. The van der Waals surface area contributed by atoms with Gasteiger partial charge in [-0.15, -0.1) is 0 Å². The Kier molecular flexibility index (Phi) is 5.03. The van der Waals surface area contributed by atoms with Gasteiger partial charge in [0.25, 0.3) is 0 Å². The molecule has 0 amide bonds. The Morgan fingerprint density at radius 3 is 2.89 bits per heavy atom. The molecule has 2 atom stereocenters. The summed E-state index contributed by atoms with van der Waals surface area (Å²) < 4.78 is 6.23. The van der Waals surface area contributed by atoms with E-state index in [0.29, 0.717) is 12.1 Å². The SMILES string of the molecule is COc1ccc(CCNC2CCCC2N)cc1Br. The van der Waals surface area contributed by atoms with Crippen molar-refractivity contribution in [2.24, 2.45) is 5.73 Å². The van der Waals surface area contributed by atoms with Crippen molar-refractivity contribution in [1.29, 1.82) is 0 Å². The monoisotopic (exact) mass is 312 g/mol. The zero-order valence-electron chi connectivity index (χ0n) is 10.8. The van der Waals surface area contributed by atoms with Gasteiger partial charge in [0.05, 0.1) is 11.6 Å². The third kappa shape index (κ3) is 3.46. The zero-order valence-corrected chi connectivity index (χ0v) is 12.4. The number of halogens is 1. The van der Waals surface area contributed by atoms with Crippen molar-refractivity contribution in [3.63, 3.8) is 0 Å². The quantitative estimate of drug-likeness (QED) is 0.878. The summed E-state index contributed by atoms with van der Waals surface area (Å²) in [5, 5.41) is 3.56. The molecule has 1 fully saturated rings. The van der Waals surface area contributed by atoms with E-state index in [2.05, 4.69) is 33.4 Å². The molecule has 0 spiro atoms. The molecule has 3 nitrogen and oxygen atoms in total. The molecule has 100 valence electrons. The average Bonchev–Trinajstić information content (AvgIpc) is 2.75. The van der Waals surface area contributed by atoms with E-state index in [1.54, 1.807) is 7.11 Å². The summed E-state index contributed by atoms with van der Waals surface area (Å²) in [4.78, 5) is 0. The number of hydrogen-bond donors (Lipinski definition) is 2. The molecule has 0 bridgehead atoms. The van der Waals surface area contributed by atoms with Gasteiger partial charge in [0, 0.05) is 12.1 Å². The van der Waals surface area contributed by atoms with E-state index in [0.717, 1.165) is 29.6 Å². The second-order valence-corrected chi connectivity index (χ2v) is 5.73. The lowest BCUT2D eigenvalue weighted by molar-refractivity contribution is 0.412. The van der Waals surface area contributed by atoms with Crippen LogP contribution in [0.4, 0.5) is 0 Å². The molecule has 1 saturated carbocycles. The molecule has 1 aromatic carbocycles. The van der Waals surface area contributed by atoms with Crippen molar-refractivity contribution >= 4 is 15.9 Å². The first kappa shape index (κ1) is 13.8. The fourth-order valence-electron chi connectivity index (χ4n) is 2.51. The zero-order chi connectivity index (χ0) is 13.0. The van der Waals surface area contributed by atoms with Crippen molar-refractivity contribution in [3.8, 4) is 5.75 Å². The number of methoxy groups -OCH3 is 1. The summed E-state index contributed by atoms with van der Waals surface area (Å²) in [6.07, 6.45) is 4.65. The van der Waals surface area contributed by atoms with Crippen molar-refractivity contribution in [2.45, 2.75) is 37.8 Å². The van der Waals surface area contributed by atoms with Crippen LogP contribution in [-0.2, 0) is 6.42 Å². The molecule has 2 rings (SSSR count). The maximum absolute atomic E-state index is 6.03. The van der Waals surface area contributed by atoms with Crippen molar-refractivity contribution in [1.82, 2.24) is 5.32 Å². The van der Waals surface area contributed by atoms with Crippen LogP contribution in [0.1, 0.15) is 24.8 Å². The summed E-state index contributed by atoms with van der Waals surface area (Å²) in [5.74, 6) is 0.879. The Balaban J connectivity index is 1.81. The minimum atomic E-state index is 0.340. The number of nitrogens with one attached hydrogen (secondary N) is 1. The van der Waals surface area contributed by atoms with Gasteiger partial charge in [-0.2, -0.15) is 0 Å². The van der Waals surface area contributed by atoms with Gasteiger partial charge in [-0.05, 0) is 59.4 Å². The van der Waals surface area contributed by atoms with Gasteiger partial charge in [0.15, 0.2) is 0 Å². The third-order valence-electron chi connectivity index (χ3n) is 3.61. The fraction of sp³-hybridized carbons (Fsp3) is 0.571. The number of hydrogen-bond acceptors (Lipinski definition) is 3. The molecule has 1 aromatic rings. The molecule has 4 heteroatoms. The first-order valence-corrected chi connectivity index (χ1v) is 7.31. The van der Waals surface area contributed by atoms with Crippen LogP contribution in [-0.4, -0.2) is 25.7 Å². The summed E-state index contributed by atoms with van der Waals surface area (Å²) in [5.41, 5.74) is 7.34. The number of rotatable bonds is 5. The summed E-state index contributed by atoms with van der Waals surface area (Å²) in [6.45, 7) is 0.983. The van der Waals surface area contributed by atoms with E-state index in [4.69, 9.17) is 10.5 Å². The predicted octanol–water partition coefficient (Wildman–Crippen LogP) is 2.47. The van der Waals surface area contributed by atoms with Crippen LogP contribution < -0.4 is 15.8 Å². The van der Waals surface area contributed by atoms with Crippen LogP contribution in [0.3, 0.4) is 0 Å². The molecule has 0 aromatic heterocycles. The van der Waals surface area contributed by atoms with Crippen molar-refractivity contribution in [3.05, 3.63) is 28.2 Å². The van der Waals surface area contributed by atoms with Gasteiger partial charge >= 0.3 is 0 Å². The Hall–Kier alpha value is -0.580. The van der Waals surface area contributed by atoms with Gasteiger partial charge in [-0.25, -0.2) is 0 Å². The predicted molar refractivity (Wildman–Crippen MR) is 78.0 cm³/mol. The highest BCUT2D eigenvalue weighted by Crippen LogP contribution is 2.25. The lowest BCUT2D eigenvalue weighted by Gasteiger charge is -2.17. The summed E-state index contributed by atoms with van der Waals surface area (Å²) >= 11 is 3.51. The molecular formula is C14H21BrN2O. The van der Waals surface area contributed by atoms with Crippen LogP contribution in [0.25, 0.3) is 0 Å². The smallest absolute Gasteiger partial charge is 0.133 e. The van der Waals surface area contributed by atoms with E-state index in [9.17, 15) is 0 Å². The molecule has 1 aliphatic carbocycles. The van der Waals surface area contributed by atoms with E-state index in [-0.39, 0.29) is 0 Å². The number of ether oxygens (including phenoxy) is 1. The average molecular weight is 313 g/mol. The molecule has 0 radical (unpaired) electrons. The molecule has 3 N–H and O–H groups in total. The van der Waals surface area contributed by atoms with Crippen LogP contribution in [0.5, 0.6) is 5.75 Å². The Morgan fingerprint density at radius 1 is 1.44 bits per heavy atom. The summed E-state index contributed by atoms with van der Waals surface area (Å²) in [6, 6.07) is 7.08. The largest absolute Gasteiger partial charge is 0.496 e. The molecule has 1 aliphatic rings. The lowest BCUT2D eigenvalue weighted by Crippen LogP contribution is -2.41. The standard InChI is InChI=1S/C14H21BrN2O/c1-18-14-6-5-10(9-11(14)15)7-8-17-13-4-2-3-12(13)16/h5-6,9,12-13,17H,2-4,7-8,16H2,1H3. The second kappa shape index (κ2) is 6.55.